The molecule has 1 aliphatic rings. The van der Waals surface area contributed by atoms with Crippen molar-refractivity contribution in [3.63, 3.8) is 0 Å². The molecule has 1 aliphatic carbocycles. The molecular weight excluding hydrogens is 279 g/mol. The summed E-state index contributed by atoms with van der Waals surface area (Å²) < 4.78 is 5.14. The predicted molar refractivity (Wildman–Crippen MR) is 83.0 cm³/mol. The monoisotopic (exact) mass is 296 g/mol. The zero-order chi connectivity index (χ0) is 13.7. The van der Waals surface area contributed by atoms with Crippen molar-refractivity contribution >= 4 is 29.3 Å². The number of benzene rings is 1. The van der Waals surface area contributed by atoms with Gasteiger partial charge in [-0.15, -0.1) is 11.6 Å². The third-order valence-electron chi connectivity index (χ3n) is 3.18. The summed E-state index contributed by atoms with van der Waals surface area (Å²) in [6.07, 6.45) is 7.54. The largest absolute Gasteiger partial charge is 0.497 e. The molecule has 0 unspecified atom stereocenters. The molecule has 0 N–H and O–H groups in total. The maximum Gasteiger partial charge on any atom is 0.118 e. The lowest BCUT2D eigenvalue weighted by Gasteiger charge is -2.05. The molecule has 0 aromatic heterocycles. The maximum atomic E-state index is 6.44. The smallest absolute Gasteiger partial charge is 0.118 e. The highest BCUT2D eigenvalue weighted by Crippen LogP contribution is 2.42. The van der Waals surface area contributed by atoms with E-state index in [-0.39, 0.29) is 0 Å². The van der Waals surface area contributed by atoms with Gasteiger partial charge in [0, 0.05) is 10.9 Å². The van der Waals surface area contributed by atoms with E-state index in [0.717, 1.165) is 22.8 Å². The third kappa shape index (κ3) is 4.29. The van der Waals surface area contributed by atoms with Crippen LogP contribution in [0, 0.1) is 5.92 Å². The highest BCUT2D eigenvalue weighted by Gasteiger charge is 2.27. The van der Waals surface area contributed by atoms with Crippen LogP contribution in [0.25, 0.3) is 6.08 Å². The minimum Gasteiger partial charge on any atom is -0.497 e. The van der Waals surface area contributed by atoms with Gasteiger partial charge in [-0.1, -0.05) is 29.8 Å². The zero-order valence-electron chi connectivity index (χ0n) is 11.0. The van der Waals surface area contributed by atoms with Crippen molar-refractivity contribution in [3.8, 4) is 5.75 Å². The van der Waals surface area contributed by atoms with E-state index in [2.05, 4.69) is 6.08 Å². The molecule has 1 saturated carbocycles. The minimum absolute atomic E-state index is 0.630. The topological polar surface area (TPSA) is 9.23 Å². The molecule has 0 heterocycles. The first-order chi connectivity index (χ1) is 9.24. The van der Waals surface area contributed by atoms with Gasteiger partial charge in [-0.25, -0.2) is 0 Å². The number of ether oxygens (including phenoxy) is 1. The van der Waals surface area contributed by atoms with E-state index in [0.29, 0.717) is 11.8 Å². The number of rotatable bonds is 6. The van der Waals surface area contributed by atoms with Gasteiger partial charge in [0.15, 0.2) is 0 Å². The molecule has 0 bridgehead atoms. The lowest BCUT2D eigenvalue weighted by molar-refractivity contribution is 0.415. The summed E-state index contributed by atoms with van der Waals surface area (Å²) in [7, 11) is 1.66. The lowest BCUT2D eigenvalue weighted by Crippen LogP contribution is -1.88. The first kappa shape index (κ1) is 14.5. The van der Waals surface area contributed by atoms with Crippen molar-refractivity contribution < 1.29 is 4.74 Å². The number of hydrogen-bond acceptors (Lipinski definition) is 1. The summed E-state index contributed by atoms with van der Waals surface area (Å²) >= 11 is 12.2. The van der Waals surface area contributed by atoms with Crippen LogP contribution in [0.2, 0.25) is 0 Å². The Bertz CT molecular complexity index is 470. The van der Waals surface area contributed by atoms with Gasteiger partial charge < -0.3 is 4.74 Å². The molecule has 2 rings (SSSR count). The lowest BCUT2D eigenvalue weighted by atomic mass is 10.1. The van der Waals surface area contributed by atoms with Crippen molar-refractivity contribution in [2.45, 2.75) is 19.3 Å². The molecule has 3 heteroatoms. The van der Waals surface area contributed by atoms with Gasteiger partial charge in [0.2, 0.25) is 0 Å². The highest BCUT2D eigenvalue weighted by atomic mass is 35.5. The van der Waals surface area contributed by atoms with Crippen molar-refractivity contribution in [2.24, 2.45) is 5.92 Å². The Balaban J connectivity index is 2.14. The normalized spacial score (nSPS) is 16.6. The van der Waals surface area contributed by atoms with Crippen LogP contribution in [0.15, 0.2) is 40.9 Å². The molecule has 0 spiro atoms. The van der Waals surface area contributed by atoms with Gasteiger partial charge in [0.05, 0.1) is 7.11 Å². The molecule has 19 heavy (non-hydrogen) atoms. The fourth-order valence-corrected chi connectivity index (χ4v) is 2.46. The van der Waals surface area contributed by atoms with Crippen LogP contribution in [-0.2, 0) is 0 Å². The Kier molecular flexibility index (Phi) is 5.35. The molecule has 102 valence electrons. The number of allylic oxidation sites excluding steroid dienone is 3. The SMILES string of the molecule is COc1ccc(/C=C(Cl)\C(=C\CCCl)C2CC2)cc1. The van der Waals surface area contributed by atoms with E-state index in [1.54, 1.807) is 7.11 Å². The van der Waals surface area contributed by atoms with Crippen molar-refractivity contribution in [1.29, 1.82) is 0 Å². The van der Waals surface area contributed by atoms with Crippen LogP contribution in [0.4, 0.5) is 0 Å². The average Bonchev–Trinajstić information content (AvgIpc) is 3.25. The minimum atomic E-state index is 0.630. The van der Waals surface area contributed by atoms with E-state index in [1.165, 1.54) is 18.4 Å². The maximum absolute atomic E-state index is 6.44. The second kappa shape index (κ2) is 7.02. The Morgan fingerprint density at radius 3 is 2.53 bits per heavy atom. The summed E-state index contributed by atoms with van der Waals surface area (Å²) in [4.78, 5) is 0. The molecular formula is C16H18Cl2O. The fraction of sp³-hybridized carbons (Fsp3) is 0.375. The van der Waals surface area contributed by atoms with Gasteiger partial charge in [-0.05, 0) is 54.5 Å². The van der Waals surface area contributed by atoms with Crippen LogP contribution in [0.5, 0.6) is 5.75 Å². The number of hydrogen-bond donors (Lipinski definition) is 0. The Hall–Kier alpha value is -0.920. The summed E-state index contributed by atoms with van der Waals surface area (Å²) in [5.74, 6) is 2.13. The molecule has 0 aliphatic heterocycles. The standard InChI is InChI=1S/C16H18Cl2O/c1-19-14-8-4-12(5-9-14)11-16(18)15(3-2-10-17)13-6-7-13/h3-5,8-9,11,13H,2,6-7,10H2,1H3/b15-3+,16-11+. The molecule has 1 aromatic carbocycles. The molecule has 1 nitrogen and oxygen atoms in total. The molecule has 0 saturated heterocycles. The van der Waals surface area contributed by atoms with Crippen LogP contribution in [0.1, 0.15) is 24.8 Å². The summed E-state index contributed by atoms with van der Waals surface area (Å²) in [6.45, 7) is 0. The Labute approximate surface area is 124 Å². The highest BCUT2D eigenvalue weighted by molar-refractivity contribution is 6.34. The molecule has 0 atom stereocenters. The van der Waals surface area contributed by atoms with E-state index < -0.39 is 0 Å². The van der Waals surface area contributed by atoms with Crippen LogP contribution < -0.4 is 4.74 Å². The fourth-order valence-electron chi connectivity index (χ4n) is 1.99. The van der Waals surface area contributed by atoms with Crippen molar-refractivity contribution in [1.82, 2.24) is 0 Å². The second-order valence-corrected chi connectivity index (χ2v) is 5.46. The quantitative estimate of drug-likeness (QED) is 0.515. The van der Waals surface area contributed by atoms with Crippen LogP contribution in [-0.4, -0.2) is 13.0 Å². The second-order valence-electron chi connectivity index (χ2n) is 4.68. The first-order valence-electron chi connectivity index (χ1n) is 6.52. The van der Waals surface area contributed by atoms with Gasteiger partial charge in [-0.2, -0.15) is 0 Å². The van der Waals surface area contributed by atoms with E-state index in [1.807, 2.05) is 30.3 Å². The van der Waals surface area contributed by atoms with Crippen LogP contribution >= 0.6 is 23.2 Å². The van der Waals surface area contributed by atoms with E-state index >= 15 is 0 Å². The molecule has 0 radical (unpaired) electrons. The third-order valence-corrected chi connectivity index (χ3v) is 3.72. The average molecular weight is 297 g/mol. The Morgan fingerprint density at radius 2 is 2.00 bits per heavy atom. The van der Waals surface area contributed by atoms with Crippen LogP contribution in [0.3, 0.4) is 0 Å². The molecule has 1 aromatic rings. The van der Waals surface area contributed by atoms with Gasteiger partial charge in [0.1, 0.15) is 5.75 Å². The summed E-state index contributed by atoms with van der Waals surface area (Å²) in [5.41, 5.74) is 2.33. The Morgan fingerprint density at radius 1 is 1.32 bits per heavy atom. The predicted octanol–water partition coefficient (Wildman–Crippen LogP) is 5.24. The number of methoxy groups -OCH3 is 1. The summed E-state index contributed by atoms with van der Waals surface area (Å²) in [5, 5.41) is 0.831. The molecule has 0 amide bonds. The zero-order valence-corrected chi connectivity index (χ0v) is 12.5. The van der Waals surface area contributed by atoms with Crippen molar-refractivity contribution in [2.75, 3.05) is 13.0 Å². The van der Waals surface area contributed by atoms with Gasteiger partial charge >= 0.3 is 0 Å². The summed E-state index contributed by atoms with van der Waals surface area (Å²) in [6, 6.07) is 7.89. The number of halogens is 2. The number of alkyl halides is 1. The van der Waals surface area contributed by atoms with E-state index in [4.69, 9.17) is 27.9 Å². The molecule has 1 fully saturated rings. The van der Waals surface area contributed by atoms with Gasteiger partial charge in [0.25, 0.3) is 0 Å². The van der Waals surface area contributed by atoms with Crippen molar-refractivity contribution in [3.05, 3.63) is 46.5 Å². The first-order valence-corrected chi connectivity index (χ1v) is 7.43. The van der Waals surface area contributed by atoms with E-state index in [9.17, 15) is 0 Å². The van der Waals surface area contributed by atoms with Gasteiger partial charge in [-0.3, -0.25) is 0 Å².